The Morgan fingerprint density at radius 2 is 2.00 bits per heavy atom. The van der Waals surface area contributed by atoms with E-state index < -0.39 is 0 Å². The summed E-state index contributed by atoms with van der Waals surface area (Å²) in [5, 5.41) is 12.4. The molecule has 0 radical (unpaired) electrons. The van der Waals surface area contributed by atoms with Crippen molar-refractivity contribution in [1.82, 2.24) is 10.2 Å². The Morgan fingerprint density at radius 3 is 2.88 bits per heavy atom. The van der Waals surface area contributed by atoms with E-state index in [0.717, 1.165) is 22.4 Å². The summed E-state index contributed by atoms with van der Waals surface area (Å²) in [5.74, 6) is 0.514. The molecule has 0 unspecified atom stereocenters. The lowest BCUT2D eigenvalue weighted by Gasteiger charge is -2.04. The first kappa shape index (κ1) is 15.2. The third-order valence-electron chi connectivity index (χ3n) is 3.68. The Bertz CT molecular complexity index is 936. The maximum absolute atomic E-state index is 6.08. The highest BCUT2D eigenvalue weighted by atomic mass is 35.5. The predicted octanol–water partition coefficient (Wildman–Crippen LogP) is 4.56. The molecule has 0 atom stereocenters. The Balaban J connectivity index is 1.49. The molecule has 0 fully saturated rings. The van der Waals surface area contributed by atoms with E-state index in [4.69, 9.17) is 27.6 Å². The molecular weight excluding hydrogens is 347 g/mol. The lowest BCUT2D eigenvalue weighted by molar-refractivity contribution is 0.521. The Hall–Kier alpha value is -2.37. The molecule has 3 aromatic rings. The van der Waals surface area contributed by atoms with E-state index >= 15 is 0 Å². The molecule has 0 saturated heterocycles. The zero-order chi connectivity index (χ0) is 16.5. The van der Waals surface area contributed by atoms with E-state index in [2.05, 4.69) is 20.5 Å². The first-order valence-corrected chi connectivity index (χ1v) is 8.10. The van der Waals surface area contributed by atoms with E-state index in [1.165, 1.54) is 0 Å². The summed E-state index contributed by atoms with van der Waals surface area (Å²) in [5.41, 5.74) is 3.87. The number of benzene rings is 2. The molecule has 1 N–H and O–H groups in total. The number of hydrogen-bond acceptors (Lipinski definition) is 5. The molecule has 0 aliphatic carbocycles. The normalized spacial score (nSPS) is 12.8. The number of aromatic nitrogens is 2. The third-order valence-corrected chi connectivity index (χ3v) is 4.24. The van der Waals surface area contributed by atoms with E-state index in [1.807, 2.05) is 42.5 Å². The minimum absolute atomic E-state index is 0.332. The van der Waals surface area contributed by atoms with Crippen molar-refractivity contribution in [3.63, 3.8) is 0 Å². The van der Waals surface area contributed by atoms with Gasteiger partial charge in [0.2, 0.25) is 5.89 Å². The molecule has 2 aromatic carbocycles. The van der Waals surface area contributed by atoms with Crippen LogP contribution in [0.2, 0.25) is 5.02 Å². The van der Waals surface area contributed by atoms with Crippen LogP contribution in [-0.2, 0) is 13.0 Å². The highest BCUT2D eigenvalue weighted by Gasteiger charge is 2.15. The lowest BCUT2D eigenvalue weighted by Crippen LogP contribution is -1.95. The smallest absolute Gasteiger partial charge is 0.320 e. The Kier molecular flexibility index (Phi) is 3.96. The van der Waals surface area contributed by atoms with Gasteiger partial charge in [-0.1, -0.05) is 46.5 Å². The summed E-state index contributed by atoms with van der Waals surface area (Å²) < 4.78 is 5.64. The third kappa shape index (κ3) is 3.13. The molecule has 4 rings (SSSR count). The van der Waals surface area contributed by atoms with Crippen molar-refractivity contribution in [2.75, 3.05) is 5.32 Å². The van der Waals surface area contributed by atoms with Gasteiger partial charge in [-0.15, -0.1) is 5.10 Å². The quantitative estimate of drug-likeness (QED) is 0.742. The van der Waals surface area contributed by atoms with Gasteiger partial charge in [0.05, 0.1) is 13.0 Å². The van der Waals surface area contributed by atoms with Gasteiger partial charge in [-0.25, -0.2) is 0 Å². The van der Waals surface area contributed by atoms with Crippen LogP contribution in [0.25, 0.3) is 0 Å². The van der Waals surface area contributed by atoms with E-state index in [1.54, 1.807) is 0 Å². The molecule has 0 saturated carbocycles. The number of anilines is 2. The van der Waals surface area contributed by atoms with Crippen LogP contribution in [0.4, 0.5) is 11.7 Å². The molecule has 1 aromatic heterocycles. The van der Waals surface area contributed by atoms with Crippen LogP contribution in [0.1, 0.15) is 22.6 Å². The average Bonchev–Trinajstić information content (AvgIpc) is 3.15. The van der Waals surface area contributed by atoms with E-state index in [9.17, 15) is 0 Å². The molecule has 1 aliphatic rings. The highest BCUT2D eigenvalue weighted by Crippen LogP contribution is 2.26. The fourth-order valence-electron chi connectivity index (χ4n) is 2.54. The second kappa shape index (κ2) is 6.26. The summed E-state index contributed by atoms with van der Waals surface area (Å²) in [6, 6.07) is 13.7. The standard InChI is InChI=1S/C17H12Cl2N4O/c18-12-3-1-2-10(6-12)7-15-22-23-17(24-15)21-13-5-4-11-9-20-16(19)14(11)8-13/h1-6,8H,7,9H2,(H,21,23). The summed E-state index contributed by atoms with van der Waals surface area (Å²) in [4.78, 5) is 4.20. The average molecular weight is 359 g/mol. The monoisotopic (exact) mass is 358 g/mol. The molecule has 120 valence electrons. The van der Waals surface area contributed by atoms with Crippen molar-refractivity contribution in [2.24, 2.45) is 4.99 Å². The van der Waals surface area contributed by atoms with Gasteiger partial charge in [-0.3, -0.25) is 4.99 Å². The SMILES string of the molecule is ClC1=NCc2ccc(Nc3nnc(Cc4cccc(Cl)c4)o3)cc21. The minimum atomic E-state index is 0.332. The van der Waals surface area contributed by atoms with Crippen LogP contribution in [0.15, 0.2) is 51.9 Å². The molecule has 0 amide bonds. The van der Waals surface area contributed by atoms with Crippen molar-refractivity contribution in [3.05, 3.63) is 70.1 Å². The molecule has 5 nitrogen and oxygen atoms in total. The van der Waals surface area contributed by atoms with Gasteiger partial charge in [0.25, 0.3) is 0 Å². The second-order valence-electron chi connectivity index (χ2n) is 5.41. The summed E-state index contributed by atoms with van der Waals surface area (Å²) in [7, 11) is 0. The van der Waals surface area contributed by atoms with Crippen molar-refractivity contribution in [3.8, 4) is 0 Å². The van der Waals surface area contributed by atoms with Crippen LogP contribution >= 0.6 is 23.2 Å². The van der Waals surface area contributed by atoms with Gasteiger partial charge < -0.3 is 9.73 Å². The van der Waals surface area contributed by atoms with Gasteiger partial charge in [0.1, 0.15) is 5.17 Å². The minimum Gasteiger partial charge on any atom is -0.408 e. The van der Waals surface area contributed by atoms with E-state index in [-0.39, 0.29) is 0 Å². The number of aliphatic imine (C=N–C) groups is 1. The van der Waals surface area contributed by atoms with Crippen molar-refractivity contribution in [2.45, 2.75) is 13.0 Å². The number of nitrogens with zero attached hydrogens (tertiary/aromatic N) is 3. The number of fused-ring (bicyclic) bond motifs is 1. The van der Waals surface area contributed by atoms with Crippen LogP contribution in [0.3, 0.4) is 0 Å². The predicted molar refractivity (Wildman–Crippen MR) is 94.4 cm³/mol. The maximum atomic E-state index is 6.08. The molecule has 24 heavy (non-hydrogen) atoms. The van der Waals surface area contributed by atoms with Crippen LogP contribution in [0.5, 0.6) is 0 Å². The van der Waals surface area contributed by atoms with Crippen LogP contribution in [0, 0.1) is 0 Å². The topological polar surface area (TPSA) is 63.3 Å². The molecule has 7 heteroatoms. The lowest BCUT2D eigenvalue weighted by atomic mass is 10.1. The second-order valence-corrected chi connectivity index (χ2v) is 6.21. The van der Waals surface area contributed by atoms with Crippen molar-refractivity contribution >= 4 is 40.1 Å². The van der Waals surface area contributed by atoms with Gasteiger partial charge in [-0.05, 0) is 35.4 Å². The Morgan fingerprint density at radius 1 is 1.08 bits per heavy atom. The van der Waals surface area contributed by atoms with E-state index in [0.29, 0.717) is 35.1 Å². The number of hydrogen-bond donors (Lipinski definition) is 1. The number of rotatable bonds is 4. The number of nitrogens with one attached hydrogen (secondary N) is 1. The van der Waals surface area contributed by atoms with Crippen LogP contribution < -0.4 is 5.32 Å². The fraction of sp³-hybridized carbons (Fsp3) is 0.118. The highest BCUT2D eigenvalue weighted by molar-refractivity contribution is 6.70. The zero-order valence-electron chi connectivity index (χ0n) is 12.5. The van der Waals surface area contributed by atoms with Gasteiger partial charge in [0.15, 0.2) is 0 Å². The van der Waals surface area contributed by atoms with Crippen LogP contribution in [-0.4, -0.2) is 15.4 Å². The first-order valence-electron chi connectivity index (χ1n) is 7.34. The largest absolute Gasteiger partial charge is 0.408 e. The first-order chi connectivity index (χ1) is 11.7. The molecule has 0 bridgehead atoms. The maximum Gasteiger partial charge on any atom is 0.320 e. The van der Waals surface area contributed by atoms with Gasteiger partial charge in [-0.2, -0.15) is 0 Å². The molecule has 1 aliphatic heterocycles. The molecule has 0 spiro atoms. The molecular formula is C17H12Cl2N4O. The van der Waals surface area contributed by atoms with Gasteiger partial charge in [0, 0.05) is 16.3 Å². The fourth-order valence-corrected chi connectivity index (χ4v) is 2.99. The number of halogens is 2. The summed E-state index contributed by atoms with van der Waals surface area (Å²) >= 11 is 12.1. The van der Waals surface area contributed by atoms with Crippen molar-refractivity contribution in [1.29, 1.82) is 0 Å². The summed E-state index contributed by atoms with van der Waals surface area (Å²) in [6.45, 7) is 0.624. The van der Waals surface area contributed by atoms with Crippen molar-refractivity contribution < 1.29 is 4.42 Å². The van der Waals surface area contributed by atoms with Gasteiger partial charge >= 0.3 is 6.01 Å². The summed E-state index contributed by atoms with van der Waals surface area (Å²) in [6.07, 6.45) is 0.526. The Labute approximate surface area is 148 Å². The zero-order valence-corrected chi connectivity index (χ0v) is 14.0. The molecule has 2 heterocycles.